The van der Waals surface area contributed by atoms with E-state index in [0.717, 1.165) is 13.0 Å². The van der Waals surface area contributed by atoms with E-state index in [9.17, 15) is 9.59 Å². The van der Waals surface area contributed by atoms with E-state index in [-0.39, 0.29) is 5.91 Å². The predicted octanol–water partition coefficient (Wildman–Crippen LogP) is 0.264. The summed E-state index contributed by atoms with van der Waals surface area (Å²) in [5.41, 5.74) is 7.21. The van der Waals surface area contributed by atoms with E-state index in [4.69, 9.17) is 5.73 Å². The van der Waals surface area contributed by atoms with Crippen LogP contribution in [0, 0.1) is 0 Å². The van der Waals surface area contributed by atoms with Crippen molar-refractivity contribution < 1.29 is 9.59 Å². The Balaban J connectivity index is 1.63. The molecule has 0 radical (unpaired) electrons. The first-order chi connectivity index (χ1) is 11.6. The van der Waals surface area contributed by atoms with E-state index < -0.39 is 11.9 Å². The van der Waals surface area contributed by atoms with Crippen LogP contribution in [0.5, 0.6) is 0 Å². The number of hydrogen-bond acceptors (Lipinski definition) is 4. The molecule has 126 valence electrons. The van der Waals surface area contributed by atoms with Gasteiger partial charge in [0.05, 0.1) is 0 Å². The largest absolute Gasteiger partial charge is 0.368 e. The van der Waals surface area contributed by atoms with Crippen LogP contribution >= 0.6 is 0 Å². The average molecular weight is 327 g/mol. The van der Waals surface area contributed by atoms with Crippen molar-refractivity contribution in [3.63, 3.8) is 0 Å². The zero-order chi connectivity index (χ0) is 16.9. The van der Waals surface area contributed by atoms with Crippen LogP contribution < -0.4 is 5.73 Å². The number of nitrogens with two attached hydrogens (primary N) is 1. The normalized spacial score (nSPS) is 18.5. The minimum absolute atomic E-state index is 0.151. The molecule has 0 aliphatic carbocycles. The summed E-state index contributed by atoms with van der Waals surface area (Å²) >= 11 is 0. The molecule has 1 aliphatic heterocycles. The zero-order valence-corrected chi connectivity index (χ0v) is 13.4. The van der Waals surface area contributed by atoms with Crippen LogP contribution in [0.15, 0.2) is 42.6 Å². The number of nitrogens with one attached hydrogen (secondary N) is 1. The number of aromatic nitrogens is 2. The van der Waals surface area contributed by atoms with Crippen LogP contribution in [0.25, 0.3) is 0 Å². The highest BCUT2D eigenvalue weighted by Gasteiger charge is 2.33. The maximum Gasteiger partial charge on any atom is 0.271 e. The molecule has 1 atom stereocenters. The first-order valence-corrected chi connectivity index (χ1v) is 8.01. The Bertz CT molecular complexity index is 686. The second-order valence-electron chi connectivity index (χ2n) is 5.91. The fraction of sp³-hybridized carbons (Fsp3) is 0.353. The van der Waals surface area contributed by atoms with Gasteiger partial charge in [-0.1, -0.05) is 30.3 Å². The summed E-state index contributed by atoms with van der Waals surface area (Å²) in [5.74, 6) is -0.549. The van der Waals surface area contributed by atoms with Gasteiger partial charge >= 0.3 is 0 Å². The Labute approximate surface area is 140 Å². The number of rotatable bonds is 5. The van der Waals surface area contributed by atoms with Crippen LogP contribution in [0.2, 0.25) is 0 Å². The molecule has 0 saturated carbocycles. The van der Waals surface area contributed by atoms with Gasteiger partial charge in [0.2, 0.25) is 5.91 Å². The number of benzene rings is 1. The Morgan fingerprint density at radius 3 is 2.67 bits per heavy atom. The average Bonchev–Trinajstić information content (AvgIpc) is 3.14. The summed E-state index contributed by atoms with van der Waals surface area (Å²) in [6, 6.07) is 11.3. The first-order valence-electron chi connectivity index (χ1n) is 8.01. The van der Waals surface area contributed by atoms with Gasteiger partial charge < -0.3 is 10.6 Å². The molecule has 7 nitrogen and oxygen atoms in total. The van der Waals surface area contributed by atoms with E-state index in [1.807, 2.05) is 18.2 Å². The van der Waals surface area contributed by atoms with E-state index in [1.165, 1.54) is 11.8 Å². The van der Waals surface area contributed by atoms with Gasteiger partial charge in [-0.3, -0.25) is 19.6 Å². The molecule has 0 bridgehead atoms. The summed E-state index contributed by atoms with van der Waals surface area (Å²) in [4.78, 5) is 28.0. The topological polar surface area (TPSA) is 95.3 Å². The molecule has 3 rings (SSSR count). The van der Waals surface area contributed by atoms with Gasteiger partial charge in [0.1, 0.15) is 11.7 Å². The lowest BCUT2D eigenvalue weighted by Crippen LogP contribution is -2.59. The van der Waals surface area contributed by atoms with Crippen molar-refractivity contribution in [1.82, 2.24) is 20.0 Å². The van der Waals surface area contributed by atoms with Crippen molar-refractivity contribution in [3.05, 3.63) is 53.9 Å². The second-order valence-corrected chi connectivity index (χ2v) is 5.91. The smallest absolute Gasteiger partial charge is 0.271 e. The highest BCUT2D eigenvalue weighted by Crippen LogP contribution is 2.13. The van der Waals surface area contributed by atoms with E-state index in [2.05, 4.69) is 27.2 Å². The molecular weight excluding hydrogens is 306 g/mol. The zero-order valence-electron chi connectivity index (χ0n) is 13.4. The number of primary amides is 1. The molecule has 1 aromatic heterocycles. The molecular formula is C17H21N5O2. The minimum Gasteiger partial charge on any atom is -0.368 e. The van der Waals surface area contributed by atoms with Crippen LogP contribution in [-0.4, -0.2) is 64.0 Å². The van der Waals surface area contributed by atoms with Crippen LogP contribution in [0.3, 0.4) is 0 Å². The first kappa shape index (κ1) is 16.2. The molecule has 1 saturated heterocycles. The molecule has 0 unspecified atom stereocenters. The molecule has 2 heterocycles. The molecule has 1 aromatic carbocycles. The summed E-state index contributed by atoms with van der Waals surface area (Å²) in [7, 11) is 0. The molecule has 24 heavy (non-hydrogen) atoms. The fourth-order valence-electron chi connectivity index (χ4n) is 3.01. The van der Waals surface area contributed by atoms with Gasteiger partial charge in [-0.15, -0.1) is 0 Å². The SMILES string of the molecule is NC(=O)[C@H]1CN(C(=O)c2ccn[nH]2)CCN1CCc1ccccc1. The number of hydrogen-bond donors (Lipinski definition) is 2. The van der Waals surface area contributed by atoms with Crippen LogP contribution in [0.4, 0.5) is 0 Å². The highest BCUT2D eigenvalue weighted by atomic mass is 16.2. The summed E-state index contributed by atoms with van der Waals surface area (Å²) < 4.78 is 0. The van der Waals surface area contributed by atoms with Gasteiger partial charge in [0, 0.05) is 32.4 Å². The number of aromatic amines is 1. The monoisotopic (exact) mass is 327 g/mol. The number of H-pyrrole nitrogens is 1. The van der Waals surface area contributed by atoms with Gasteiger partial charge in [-0.25, -0.2) is 0 Å². The standard InChI is InChI=1S/C17H21N5O2/c18-16(23)15-12-22(17(24)14-6-8-19-20-14)11-10-21(15)9-7-13-4-2-1-3-5-13/h1-6,8,15H,7,9-12H2,(H2,18,23)(H,19,20)/t15-/m1/s1. The number of piperazine rings is 1. The Kier molecular flexibility index (Phi) is 4.90. The predicted molar refractivity (Wildman–Crippen MR) is 89.2 cm³/mol. The fourth-order valence-corrected chi connectivity index (χ4v) is 3.01. The van der Waals surface area contributed by atoms with Crippen molar-refractivity contribution in [1.29, 1.82) is 0 Å². The molecule has 7 heteroatoms. The highest BCUT2D eigenvalue weighted by molar-refractivity contribution is 5.93. The second kappa shape index (κ2) is 7.27. The van der Waals surface area contributed by atoms with E-state index in [0.29, 0.717) is 25.3 Å². The number of carbonyl (C=O) groups is 2. The van der Waals surface area contributed by atoms with Crippen LogP contribution in [-0.2, 0) is 11.2 Å². The maximum absolute atomic E-state index is 12.4. The van der Waals surface area contributed by atoms with Crippen LogP contribution in [0.1, 0.15) is 16.1 Å². The summed E-state index contributed by atoms with van der Waals surface area (Å²) in [5, 5.41) is 6.46. The van der Waals surface area contributed by atoms with Crippen molar-refractivity contribution in [2.24, 2.45) is 5.73 Å². The molecule has 1 fully saturated rings. The lowest BCUT2D eigenvalue weighted by Gasteiger charge is -2.39. The van der Waals surface area contributed by atoms with E-state index >= 15 is 0 Å². The molecule has 2 aromatic rings. The van der Waals surface area contributed by atoms with Gasteiger partial charge in [-0.2, -0.15) is 5.10 Å². The molecule has 0 spiro atoms. The quantitative estimate of drug-likeness (QED) is 0.824. The molecule has 2 amide bonds. The Morgan fingerprint density at radius 1 is 1.21 bits per heavy atom. The summed E-state index contributed by atoms with van der Waals surface area (Å²) in [6.45, 7) is 2.24. The Hall–Kier alpha value is -2.67. The summed E-state index contributed by atoms with van der Waals surface area (Å²) in [6.07, 6.45) is 2.38. The number of carbonyl (C=O) groups excluding carboxylic acids is 2. The minimum atomic E-state index is -0.464. The lowest BCUT2D eigenvalue weighted by molar-refractivity contribution is -0.125. The maximum atomic E-state index is 12.4. The third-order valence-corrected chi connectivity index (χ3v) is 4.37. The van der Waals surface area contributed by atoms with Gasteiger partial charge in [0.15, 0.2) is 0 Å². The Morgan fingerprint density at radius 2 is 2.00 bits per heavy atom. The molecule has 1 aliphatic rings. The van der Waals surface area contributed by atoms with Crippen molar-refractivity contribution >= 4 is 11.8 Å². The molecule has 3 N–H and O–H groups in total. The number of amides is 2. The van der Waals surface area contributed by atoms with Gasteiger partial charge in [0.25, 0.3) is 5.91 Å². The third kappa shape index (κ3) is 3.62. The lowest BCUT2D eigenvalue weighted by atomic mass is 10.1. The van der Waals surface area contributed by atoms with Crippen molar-refractivity contribution in [2.75, 3.05) is 26.2 Å². The van der Waals surface area contributed by atoms with Crippen molar-refractivity contribution in [3.8, 4) is 0 Å². The van der Waals surface area contributed by atoms with Crippen molar-refractivity contribution in [2.45, 2.75) is 12.5 Å². The van der Waals surface area contributed by atoms with E-state index in [1.54, 1.807) is 11.0 Å². The third-order valence-electron chi connectivity index (χ3n) is 4.37. The number of nitrogens with zero attached hydrogens (tertiary/aromatic N) is 3. The van der Waals surface area contributed by atoms with Gasteiger partial charge in [-0.05, 0) is 18.1 Å².